The Kier molecular flexibility index (Phi) is 4.59. The predicted octanol–water partition coefficient (Wildman–Crippen LogP) is 1.15. The first-order chi connectivity index (χ1) is 14.3. The van der Waals surface area contributed by atoms with Crippen LogP contribution in [0.2, 0.25) is 0 Å². The van der Waals surface area contributed by atoms with E-state index in [4.69, 9.17) is 0 Å². The summed E-state index contributed by atoms with van der Waals surface area (Å²) in [6.07, 6.45) is 3.66. The Labute approximate surface area is 175 Å². The fraction of sp³-hybridized carbons (Fsp3) is 0.550. The number of nitrogens with zero attached hydrogens (tertiary/aromatic N) is 3. The number of hydrogen-bond acceptors (Lipinski definition) is 5. The highest BCUT2D eigenvalue weighted by atomic mass is 32.2. The maximum atomic E-state index is 13.1. The topological polar surface area (TPSA) is 107 Å². The highest BCUT2D eigenvalue weighted by molar-refractivity contribution is 7.89. The molecule has 3 aliphatic heterocycles. The molecule has 3 heterocycles. The lowest BCUT2D eigenvalue weighted by Crippen LogP contribution is -2.48. The van der Waals surface area contributed by atoms with E-state index in [1.165, 1.54) is 15.3 Å². The predicted molar refractivity (Wildman–Crippen MR) is 107 cm³/mol. The van der Waals surface area contributed by atoms with E-state index >= 15 is 0 Å². The molecule has 4 aliphatic rings. The molecule has 4 amide bonds. The van der Waals surface area contributed by atoms with Gasteiger partial charge in [0, 0.05) is 37.3 Å². The molecule has 1 N–H and O–H groups in total. The summed E-state index contributed by atoms with van der Waals surface area (Å²) in [5.74, 6) is -0.200. The van der Waals surface area contributed by atoms with Crippen molar-refractivity contribution in [3.05, 3.63) is 23.8 Å². The van der Waals surface area contributed by atoms with Crippen LogP contribution in [-0.4, -0.2) is 72.1 Å². The Hall–Kier alpha value is -2.46. The number of hydrogen-bond donors (Lipinski definition) is 1. The van der Waals surface area contributed by atoms with Crippen LogP contribution in [0, 0.1) is 0 Å². The smallest absolute Gasteiger partial charge is 0.326 e. The van der Waals surface area contributed by atoms with E-state index in [1.807, 2.05) is 0 Å². The Balaban J connectivity index is 1.27. The lowest BCUT2D eigenvalue weighted by Gasteiger charge is -2.35. The zero-order valence-electron chi connectivity index (χ0n) is 16.5. The third-order valence-corrected chi connectivity index (χ3v) is 8.31. The first kappa shape index (κ1) is 19.5. The molecule has 0 bridgehead atoms. The molecule has 5 rings (SSSR count). The molecule has 160 valence electrons. The lowest BCUT2D eigenvalue weighted by atomic mass is 10.0. The number of carbonyl (C=O) groups is 3. The van der Waals surface area contributed by atoms with Crippen molar-refractivity contribution in [1.82, 2.24) is 14.1 Å². The van der Waals surface area contributed by atoms with Gasteiger partial charge in [-0.2, -0.15) is 4.31 Å². The Morgan fingerprint density at radius 1 is 0.933 bits per heavy atom. The standard InChI is InChI=1S/C20H24N4O5S/c25-18-6-1-13-11-16(4-5-17(13)21-18)30(28,29)22-9-7-14(8-10-22)23-12-19(26)24(20(23)27)15-2-3-15/h4-5,11,14-15H,1-3,6-10,12H2,(H,21,25). The zero-order chi connectivity index (χ0) is 21.0. The zero-order valence-corrected chi connectivity index (χ0v) is 17.4. The Morgan fingerprint density at radius 3 is 2.37 bits per heavy atom. The number of sulfonamides is 1. The van der Waals surface area contributed by atoms with Crippen LogP contribution in [-0.2, 0) is 26.0 Å². The molecule has 1 aromatic carbocycles. The summed E-state index contributed by atoms with van der Waals surface area (Å²) in [5.41, 5.74) is 1.49. The fourth-order valence-corrected chi connectivity index (χ4v) is 6.10. The average Bonchev–Trinajstić information content (AvgIpc) is 3.52. The van der Waals surface area contributed by atoms with E-state index in [-0.39, 0.29) is 41.4 Å². The summed E-state index contributed by atoms with van der Waals surface area (Å²) in [7, 11) is -3.65. The molecular weight excluding hydrogens is 408 g/mol. The van der Waals surface area contributed by atoms with E-state index in [2.05, 4.69) is 5.32 Å². The van der Waals surface area contributed by atoms with Gasteiger partial charge in [0.25, 0.3) is 5.91 Å². The number of benzene rings is 1. The monoisotopic (exact) mass is 432 g/mol. The molecule has 10 heteroatoms. The van der Waals surface area contributed by atoms with Crippen molar-refractivity contribution in [2.24, 2.45) is 0 Å². The van der Waals surface area contributed by atoms with Gasteiger partial charge in [0.15, 0.2) is 0 Å². The van der Waals surface area contributed by atoms with Gasteiger partial charge in [-0.05, 0) is 55.9 Å². The number of fused-ring (bicyclic) bond motifs is 1. The third kappa shape index (κ3) is 3.27. The quantitative estimate of drug-likeness (QED) is 0.719. The van der Waals surface area contributed by atoms with Gasteiger partial charge in [-0.15, -0.1) is 0 Å². The molecule has 0 atom stereocenters. The molecule has 30 heavy (non-hydrogen) atoms. The molecule has 3 fully saturated rings. The van der Waals surface area contributed by atoms with Crippen LogP contribution in [0.25, 0.3) is 0 Å². The maximum Gasteiger partial charge on any atom is 0.327 e. The largest absolute Gasteiger partial charge is 0.327 e. The maximum absolute atomic E-state index is 13.1. The van der Waals surface area contributed by atoms with Crippen LogP contribution < -0.4 is 5.32 Å². The number of amides is 4. The van der Waals surface area contributed by atoms with Crippen molar-refractivity contribution in [3.8, 4) is 0 Å². The number of anilines is 1. The number of nitrogens with one attached hydrogen (secondary N) is 1. The van der Waals surface area contributed by atoms with Crippen molar-refractivity contribution in [1.29, 1.82) is 0 Å². The minimum absolute atomic E-state index is 0.0595. The number of imide groups is 1. The summed E-state index contributed by atoms with van der Waals surface area (Å²) >= 11 is 0. The number of carbonyl (C=O) groups excluding carboxylic acids is 3. The molecule has 0 unspecified atom stereocenters. The molecule has 1 saturated carbocycles. The van der Waals surface area contributed by atoms with Gasteiger partial charge >= 0.3 is 6.03 Å². The van der Waals surface area contributed by atoms with Gasteiger partial charge in [0.05, 0.1) is 4.90 Å². The van der Waals surface area contributed by atoms with Gasteiger partial charge in [-0.3, -0.25) is 14.5 Å². The summed E-state index contributed by atoms with van der Waals surface area (Å²) in [4.78, 5) is 39.6. The summed E-state index contributed by atoms with van der Waals surface area (Å²) in [6, 6.07) is 4.54. The summed E-state index contributed by atoms with van der Waals surface area (Å²) in [6.45, 7) is 0.716. The Bertz CT molecular complexity index is 1030. The van der Waals surface area contributed by atoms with Crippen LogP contribution in [0.1, 0.15) is 37.7 Å². The minimum Gasteiger partial charge on any atom is -0.326 e. The average molecular weight is 433 g/mol. The van der Waals surface area contributed by atoms with Crippen LogP contribution in [0.4, 0.5) is 10.5 Å². The van der Waals surface area contributed by atoms with E-state index in [9.17, 15) is 22.8 Å². The third-order valence-electron chi connectivity index (χ3n) is 6.41. The molecule has 0 radical (unpaired) electrons. The van der Waals surface area contributed by atoms with Crippen LogP contribution in [0.3, 0.4) is 0 Å². The first-order valence-electron chi connectivity index (χ1n) is 10.4. The molecule has 0 aromatic heterocycles. The van der Waals surface area contributed by atoms with Crippen LogP contribution in [0.15, 0.2) is 23.1 Å². The normalized spacial score (nSPS) is 23.7. The second-order valence-corrected chi connectivity index (χ2v) is 10.3. The highest BCUT2D eigenvalue weighted by Gasteiger charge is 2.47. The van der Waals surface area contributed by atoms with E-state index in [1.54, 1.807) is 17.0 Å². The molecule has 1 aromatic rings. The minimum atomic E-state index is -3.65. The molecule has 0 spiro atoms. The lowest BCUT2D eigenvalue weighted by molar-refractivity contribution is -0.125. The van der Waals surface area contributed by atoms with Gasteiger partial charge in [0.2, 0.25) is 15.9 Å². The molecular formula is C20H24N4O5S. The second kappa shape index (κ2) is 7.05. The van der Waals surface area contributed by atoms with Crippen molar-refractivity contribution in [3.63, 3.8) is 0 Å². The molecule has 9 nitrogen and oxygen atoms in total. The Morgan fingerprint density at radius 2 is 1.67 bits per heavy atom. The van der Waals surface area contributed by atoms with Gasteiger partial charge in [-0.25, -0.2) is 13.2 Å². The van der Waals surface area contributed by atoms with Gasteiger partial charge < -0.3 is 10.2 Å². The number of urea groups is 1. The fourth-order valence-electron chi connectivity index (χ4n) is 4.58. The number of aryl methyl sites for hydroxylation is 1. The molecule has 2 saturated heterocycles. The molecule has 1 aliphatic carbocycles. The van der Waals surface area contributed by atoms with Crippen molar-refractivity contribution in [2.45, 2.75) is 55.5 Å². The van der Waals surface area contributed by atoms with Crippen molar-refractivity contribution in [2.75, 3.05) is 25.0 Å². The van der Waals surface area contributed by atoms with Crippen molar-refractivity contribution < 1.29 is 22.8 Å². The van der Waals surface area contributed by atoms with Gasteiger partial charge in [-0.1, -0.05) is 0 Å². The second-order valence-electron chi connectivity index (χ2n) is 8.41. The van der Waals surface area contributed by atoms with E-state index in [0.29, 0.717) is 44.5 Å². The van der Waals surface area contributed by atoms with Crippen LogP contribution in [0.5, 0.6) is 0 Å². The summed E-state index contributed by atoms with van der Waals surface area (Å²) in [5, 5.41) is 2.76. The number of rotatable bonds is 4. The van der Waals surface area contributed by atoms with E-state index in [0.717, 1.165) is 18.4 Å². The van der Waals surface area contributed by atoms with Gasteiger partial charge in [0.1, 0.15) is 6.54 Å². The van der Waals surface area contributed by atoms with E-state index < -0.39 is 10.0 Å². The van der Waals surface area contributed by atoms with Crippen LogP contribution >= 0.6 is 0 Å². The highest BCUT2D eigenvalue weighted by Crippen LogP contribution is 2.33. The SMILES string of the molecule is O=C1CCc2cc(S(=O)(=O)N3CCC(N4CC(=O)N(C5CC5)C4=O)CC3)ccc2N1. The van der Waals surface area contributed by atoms with Crippen molar-refractivity contribution >= 4 is 33.6 Å². The summed E-state index contributed by atoms with van der Waals surface area (Å²) < 4.78 is 27.7. The number of piperidine rings is 1. The first-order valence-corrected chi connectivity index (χ1v) is 11.8.